The van der Waals surface area contributed by atoms with Crippen LogP contribution in [-0.4, -0.2) is 24.0 Å². The van der Waals surface area contributed by atoms with Crippen LogP contribution in [0, 0.1) is 0 Å². The lowest BCUT2D eigenvalue weighted by Gasteiger charge is -2.10. The number of guanidine groups is 1. The lowest BCUT2D eigenvalue weighted by atomic mass is 10.2. The molecule has 0 bridgehead atoms. The summed E-state index contributed by atoms with van der Waals surface area (Å²) in [5.41, 5.74) is 2.25. The van der Waals surface area contributed by atoms with Crippen LogP contribution in [0.5, 0.6) is 0 Å². The van der Waals surface area contributed by atoms with E-state index < -0.39 is 0 Å². The van der Waals surface area contributed by atoms with Gasteiger partial charge >= 0.3 is 0 Å². The Morgan fingerprint density at radius 1 is 1.17 bits per heavy atom. The van der Waals surface area contributed by atoms with Crippen molar-refractivity contribution in [1.82, 2.24) is 15.6 Å². The topological polar surface area (TPSA) is 65.3 Å². The van der Waals surface area contributed by atoms with Gasteiger partial charge in [-0.3, -0.25) is 0 Å². The van der Waals surface area contributed by atoms with E-state index in [-0.39, 0.29) is 0 Å². The van der Waals surface area contributed by atoms with Gasteiger partial charge in [0, 0.05) is 30.7 Å². The van der Waals surface area contributed by atoms with E-state index in [9.17, 15) is 0 Å². The maximum atomic E-state index is 5.33. The molecule has 0 atom stereocenters. The van der Waals surface area contributed by atoms with Gasteiger partial charge in [0.15, 0.2) is 5.96 Å². The summed E-state index contributed by atoms with van der Waals surface area (Å²) in [6, 6.07) is 14.3. The third-order valence-corrected chi connectivity index (χ3v) is 3.58. The van der Waals surface area contributed by atoms with Crippen molar-refractivity contribution >= 4 is 16.9 Å². The number of fused-ring (bicyclic) bond motifs is 1. The van der Waals surface area contributed by atoms with Gasteiger partial charge in [-0.2, -0.15) is 0 Å². The molecule has 2 aromatic heterocycles. The molecular weight excluding hydrogens is 288 g/mol. The maximum absolute atomic E-state index is 5.33. The van der Waals surface area contributed by atoms with E-state index in [0.29, 0.717) is 6.54 Å². The fourth-order valence-corrected chi connectivity index (χ4v) is 2.48. The minimum absolute atomic E-state index is 0.616. The van der Waals surface area contributed by atoms with Crippen LogP contribution >= 0.6 is 0 Å². The van der Waals surface area contributed by atoms with Gasteiger partial charge in [-0.25, -0.2) is 4.99 Å². The zero-order valence-electron chi connectivity index (χ0n) is 13.3. The number of aromatic amines is 1. The molecule has 5 heteroatoms. The van der Waals surface area contributed by atoms with Crippen LogP contribution in [-0.2, 0) is 13.0 Å². The molecular formula is C18H22N4O. The monoisotopic (exact) mass is 310 g/mol. The van der Waals surface area contributed by atoms with Gasteiger partial charge < -0.3 is 20.0 Å². The molecule has 0 aliphatic carbocycles. The average Bonchev–Trinajstić information content (AvgIpc) is 3.21. The Kier molecular flexibility index (Phi) is 4.99. The third kappa shape index (κ3) is 4.16. The molecule has 0 aliphatic heterocycles. The molecule has 0 spiro atoms. The number of nitrogens with one attached hydrogen (secondary N) is 3. The number of furan rings is 1. The highest BCUT2D eigenvalue weighted by Crippen LogP contribution is 2.14. The number of benzene rings is 1. The number of para-hydroxylation sites is 1. The molecule has 3 rings (SSSR count). The summed E-state index contributed by atoms with van der Waals surface area (Å²) >= 11 is 0. The third-order valence-electron chi connectivity index (χ3n) is 3.58. The Bertz CT molecular complexity index is 725. The fraction of sp³-hybridized carbons (Fsp3) is 0.278. The van der Waals surface area contributed by atoms with Gasteiger partial charge in [0.2, 0.25) is 0 Å². The van der Waals surface area contributed by atoms with Crippen LogP contribution in [0.4, 0.5) is 0 Å². The van der Waals surface area contributed by atoms with Gasteiger partial charge in [-0.1, -0.05) is 18.2 Å². The summed E-state index contributed by atoms with van der Waals surface area (Å²) in [5.74, 6) is 1.79. The van der Waals surface area contributed by atoms with Crippen molar-refractivity contribution in [3.05, 3.63) is 60.2 Å². The second kappa shape index (κ2) is 7.54. The molecule has 0 fully saturated rings. The summed E-state index contributed by atoms with van der Waals surface area (Å²) in [4.78, 5) is 8.02. The van der Waals surface area contributed by atoms with Crippen molar-refractivity contribution in [2.75, 3.05) is 13.1 Å². The number of aromatic nitrogens is 1. The number of hydrogen-bond acceptors (Lipinski definition) is 2. The first-order chi connectivity index (χ1) is 11.3. The largest absolute Gasteiger partial charge is 0.469 e. The molecule has 120 valence electrons. The normalized spacial score (nSPS) is 11.8. The zero-order chi connectivity index (χ0) is 15.9. The van der Waals surface area contributed by atoms with Gasteiger partial charge in [-0.05, 0) is 36.6 Å². The van der Waals surface area contributed by atoms with Crippen LogP contribution in [0.3, 0.4) is 0 Å². The van der Waals surface area contributed by atoms with Gasteiger partial charge in [0.25, 0.3) is 0 Å². The van der Waals surface area contributed by atoms with Crippen LogP contribution in [0.2, 0.25) is 0 Å². The Hall–Kier alpha value is -2.69. The maximum Gasteiger partial charge on any atom is 0.191 e. The van der Waals surface area contributed by atoms with Crippen LogP contribution in [0.1, 0.15) is 18.4 Å². The number of hydrogen-bond donors (Lipinski definition) is 3. The minimum atomic E-state index is 0.616. The first-order valence-electron chi connectivity index (χ1n) is 7.96. The van der Waals surface area contributed by atoms with E-state index >= 15 is 0 Å². The summed E-state index contributed by atoms with van der Waals surface area (Å²) < 4.78 is 5.33. The number of aliphatic imine (C=N–C) groups is 1. The summed E-state index contributed by atoms with van der Waals surface area (Å²) in [6.45, 7) is 4.29. The van der Waals surface area contributed by atoms with E-state index in [1.807, 2.05) is 24.3 Å². The Balaban J connectivity index is 1.59. The fourth-order valence-electron chi connectivity index (χ4n) is 2.48. The molecule has 0 amide bonds. The Morgan fingerprint density at radius 3 is 2.87 bits per heavy atom. The van der Waals surface area contributed by atoms with Crippen molar-refractivity contribution in [2.24, 2.45) is 4.99 Å². The van der Waals surface area contributed by atoms with E-state index in [2.05, 4.69) is 45.7 Å². The predicted octanol–water partition coefficient (Wildman–Crippen LogP) is 3.06. The second-order valence-corrected chi connectivity index (χ2v) is 5.33. The molecule has 0 unspecified atom stereocenters. The minimum Gasteiger partial charge on any atom is -0.469 e. The zero-order valence-corrected chi connectivity index (χ0v) is 13.3. The van der Waals surface area contributed by atoms with Gasteiger partial charge in [0.05, 0.1) is 12.8 Å². The molecule has 0 radical (unpaired) electrons. The Morgan fingerprint density at radius 2 is 2.09 bits per heavy atom. The first kappa shape index (κ1) is 15.2. The van der Waals surface area contributed by atoms with Gasteiger partial charge in [0.1, 0.15) is 5.76 Å². The highest BCUT2D eigenvalue weighted by molar-refractivity contribution is 5.81. The van der Waals surface area contributed by atoms with Crippen LogP contribution in [0.25, 0.3) is 10.9 Å². The second-order valence-electron chi connectivity index (χ2n) is 5.33. The van der Waals surface area contributed by atoms with Crippen molar-refractivity contribution in [3.8, 4) is 0 Å². The van der Waals surface area contributed by atoms with E-state index in [1.165, 1.54) is 5.39 Å². The van der Waals surface area contributed by atoms with E-state index in [4.69, 9.17) is 4.42 Å². The highest BCUT2D eigenvalue weighted by Gasteiger charge is 2.02. The smallest absolute Gasteiger partial charge is 0.191 e. The number of H-pyrrole nitrogens is 1. The molecule has 0 aliphatic rings. The molecule has 1 aromatic carbocycles. The van der Waals surface area contributed by atoms with E-state index in [0.717, 1.165) is 42.4 Å². The summed E-state index contributed by atoms with van der Waals surface area (Å²) in [5, 5.41) is 7.81. The molecule has 3 aromatic rings. The molecule has 23 heavy (non-hydrogen) atoms. The van der Waals surface area contributed by atoms with Crippen molar-refractivity contribution < 1.29 is 4.42 Å². The first-order valence-corrected chi connectivity index (χ1v) is 7.96. The molecule has 0 saturated heterocycles. The van der Waals surface area contributed by atoms with Crippen molar-refractivity contribution in [3.63, 3.8) is 0 Å². The Labute approximate surface area is 135 Å². The highest BCUT2D eigenvalue weighted by atomic mass is 16.3. The lowest BCUT2D eigenvalue weighted by molar-refractivity contribution is 0.507. The van der Waals surface area contributed by atoms with Crippen LogP contribution in [0.15, 0.2) is 58.1 Å². The number of nitrogens with zero attached hydrogens (tertiary/aromatic N) is 1. The van der Waals surface area contributed by atoms with Crippen molar-refractivity contribution in [2.45, 2.75) is 19.9 Å². The lowest BCUT2D eigenvalue weighted by Crippen LogP contribution is -2.38. The number of rotatable bonds is 6. The summed E-state index contributed by atoms with van der Waals surface area (Å²) in [7, 11) is 0. The van der Waals surface area contributed by atoms with Crippen molar-refractivity contribution in [1.29, 1.82) is 0 Å². The SMILES string of the molecule is CCNC(=NCc1cc2ccccc2[nH]1)NCCc1ccco1. The predicted molar refractivity (Wildman–Crippen MR) is 93.5 cm³/mol. The standard InChI is InChI=1S/C18H22N4O/c1-2-19-18(20-10-9-16-7-5-11-23-16)21-13-15-12-14-6-3-4-8-17(14)22-15/h3-8,11-12,22H,2,9-10,13H2,1H3,(H2,19,20,21). The molecule has 2 heterocycles. The molecule has 3 N–H and O–H groups in total. The van der Waals surface area contributed by atoms with Crippen LogP contribution < -0.4 is 10.6 Å². The molecule has 0 saturated carbocycles. The quantitative estimate of drug-likeness (QED) is 0.484. The van der Waals surface area contributed by atoms with Gasteiger partial charge in [-0.15, -0.1) is 0 Å². The average molecular weight is 310 g/mol. The van der Waals surface area contributed by atoms with E-state index in [1.54, 1.807) is 6.26 Å². The molecule has 5 nitrogen and oxygen atoms in total. The summed E-state index contributed by atoms with van der Waals surface area (Å²) in [6.07, 6.45) is 2.54.